The molecule has 0 aliphatic heterocycles. The lowest BCUT2D eigenvalue weighted by molar-refractivity contribution is 0.0951. The van der Waals surface area contributed by atoms with Crippen molar-refractivity contribution in [3.63, 3.8) is 0 Å². The highest BCUT2D eigenvalue weighted by Gasteiger charge is 2.18. The van der Waals surface area contributed by atoms with Gasteiger partial charge in [-0.3, -0.25) is 9.69 Å². The minimum Gasteiger partial charge on any atom is -0.347 e. The van der Waals surface area contributed by atoms with Gasteiger partial charge >= 0.3 is 6.03 Å². The standard InChI is InChI=1S/C25H30N4O2S/c1-3-29(4-2)23(19-10-6-5-7-11-19)18-27-25(31)28-21-13-8-12-20(16-21)24(30)26-17-22-14-9-15-32-22/h5-16,23H,3-4,17-18H2,1-2H3,(H,26,30)(H2,27,28,31). The molecule has 3 aromatic rings. The van der Waals surface area contributed by atoms with E-state index in [1.54, 1.807) is 35.6 Å². The Bertz CT molecular complexity index is 988. The van der Waals surface area contributed by atoms with Crippen LogP contribution in [0.5, 0.6) is 0 Å². The van der Waals surface area contributed by atoms with Gasteiger partial charge in [-0.05, 0) is 48.3 Å². The molecule has 0 saturated carbocycles. The van der Waals surface area contributed by atoms with Gasteiger partial charge in [0.05, 0.1) is 12.6 Å². The summed E-state index contributed by atoms with van der Waals surface area (Å²) < 4.78 is 0. The number of rotatable bonds is 10. The van der Waals surface area contributed by atoms with Crippen LogP contribution >= 0.6 is 11.3 Å². The van der Waals surface area contributed by atoms with Crippen LogP contribution in [0.2, 0.25) is 0 Å². The molecule has 0 aliphatic carbocycles. The van der Waals surface area contributed by atoms with Crippen LogP contribution in [0.3, 0.4) is 0 Å². The summed E-state index contributed by atoms with van der Waals surface area (Å²) in [5.41, 5.74) is 2.25. The van der Waals surface area contributed by atoms with Crippen LogP contribution in [0.25, 0.3) is 0 Å². The summed E-state index contributed by atoms with van der Waals surface area (Å²) in [6.07, 6.45) is 0. The van der Waals surface area contributed by atoms with E-state index < -0.39 is 0 Å². The fourth-order valence-corrected chi connectivity index (χ4v) is 4.23. The molecule has 3 rings (SSSR count). The van der Waals surface area contributed by atoms with E-state index in [0.29, 0.717) is 24.3 Å². The third kappa shape index (κ3) is 6.67. The van der Waals surface area contributed by atoms with Crippen molar-refractivity contribution in [1.82, 2.24) is 15.5 Å². The molecule has 1 heterocycles. The average Bonchev–Trinajstić information content (AvgIpc) is 3.34. The van der Waals surface area contributed by atoms with Gasteiger partial charge in [-0.25, -0.2) is 4.79 Å². The van der Waals surface area contributed by atoms with Crippen LogP contribution in [0, 0.1) is 0 Å². The number of nitrogens with zero attached hydrogens (tertiary/aromatic N) is 1. The second kappa shape index (κ2) is 12.0. The second-order valence-corrected chi connectivity index (χ2v) is 8.36. The lowest BCUT2D eigenvalue weighted by atomic mass is 10.1. The van der Waals surface area contributed by atoms with Crippen LogP contribution in [0.1, 0.15) is 40.7 Å². The zero-order chi connectivity index (χ0) is 22.8. The van der Waals surface area contributed by atoms with Crippen molar-refractivity contribution in [2.45, 2.75) is 26.4 Å². The summed E-state index contributed by atoms with van der Waals surface area (Å²) in [5.74, 6) is -0.173. The Morgan fingerprint density at radius 2 is 1.72 bits per heavy atom. The summed E-state index contributed by atoms with van der Waals surface area (Å²) in [6, 6.07) is 20.9. The molecule has 2 aromatic carbocycles. The molecular formula is C25H30N4O2S. The number of urea groups is 1. The third-order valence-electron chi connectivity index (χ3n) is 5.28. The minimum absolute atomic E-state index is 0.0892. The molecule has 1 atom stereocenters. The Morgan fingerprint density at radius 3 is 2.41 bits per heavy atom. The van der Waals surface area contributed by atoms with Crippen molar-refractivity contribution in [1.29, 1.82) is 0 Å². The third-order valence-corrected chi connectivity index (χ3v) is 6.16. The van der Waals surface area contributed by atoms with Crippen molar-refractivity contribution in [2.75, 3.05) is 25.0 Å². The first-order valence-corrected chi connectivity index (χ1v) is 11.7. The van der Waals surface area contributed by atoms with Gasteiger partial charge in [0.25, 0.3) is 5.91 Å². The maximum Gasteiger partial charge on any atom is 0.319 e. The molecule has 0 fully saturated rings. The Hall–Kier alpha value is -3.16. The highest BCUT2D eigenvalue weighted by atomic mass is 32.1. The molecule has 32 heavy (non-hydrogen) atoms. The van der Waals surface area contributed by atoms with Gasteiger partial charge in [0.15, 0.2) is 0 Å². The van der Waals surface area contributed by atoms with Gasteiger partial charge < -0.3 is 16.0 Å². The number of nitrogens with one attached hydrogen (secondary N) is 3. The van der Waals surface area contributed by atoms with Gasteiger partial charge in [-0.1, -0.05) is 56.3 Å². The number of hydrogen-bond acceptors (Lipinski definition) is 4. The maximum absolute atomic E-state index is 12.6. The van der Waals surface area contributed by atoms with Gasteiger partial charge in [0.1, 0.15) is 0 Å². The first kappa shape index (κ1) is 23.5. The average molecular weight is 451 g/mol. The first-order valence-electron chi connectivity index (χ1n) is 10.8. The Morgan fingerprint density at radius 1 is 0.938 bits per heavy atom. The van der Waals surface area contributed by atoms with E-state index in [4.69, 9.17) is 0 Å². The summed E-state index contributed by atoms with van der Waals surface area (Å²) in [4.78, 5) is 28.4. The van der Waals surface area contributed by atoms with Gasteiger partial charge in [0, 0.05) is 22.7 Å². The number of carbonyl (C=O) groups excluding carboxylic acids is 2. The monoisotopic (exact) mass is 450 g/mol. The Balaban J connectivity index is 1.57. The maximum atomic E-state index is 12.6. The van der Waals surface area contributed by atoms with Crippen molar-refractivity contribution in [3.05, 3.63) is 88.1 Å². The molecule has 3 amide bonds. The number of likely N-dealkylation sites (N-methyl/N-ethyl adjacent to an activating group) is 1. The largest absolute Gasteiger partial charge is 0.347 e. The van der Waals surface area contributed by atoms with Gasteiger partial charge in [0.2, 0.25) is 0 Å². The summed E-state index contributed by atoms with van der Waals surface area (Å²) >= 11 is 1.60. The van der Waals surface area contributed by atoms with Crippen molar-refractivity contribution < 1.29 is 9.59 Å². The summed E-state index contributed by atoms with van der Waals surface area (Å²) in [7, 11) is 0. The second-order valence-electron chi connectivity index (χ2n) is 7.33. The molecule has 0 saturated heterocycles. The number of thiophene rings is 1. The number of anilines is 1. The van der Waals surface area contributed by atoms with Crippen molar-refractivity contribution in [2.24, 2.45) is 0 Å². The van der Waals surface area contributed by atoms with Crippen molar-refractivity contribution in [3.8, 4) is 0 Å². The molecular weight excluding hydrogens is 420 g/mol. The Kier molecular flexibility index (Phi) is 8.83. The van der Waals surface area contributed by atoms with E-state index in [9.17, 15) is 9.59 Å². The summed E-state index contributed by atoms with van der Waals surface area (Å²) in [5, 5.41) is 10.7. The molecule has 0 aliphatic rings. The molecule has 0 radical (unpaired) electrons. The van der Waals surface area contributed by atoms with Gasteiger partial charge in [-0.2, -0.15) is 0 Å². The SMILES string of the molecule is CCN(CC)C(CNC(=O)Nc1cccc(C(=O)NCc2cccs2)c1)c1ccccc1. The van der Waals surface area contributed by atoms with Crippen LogP contribution in [-0.4, -0.2) is 36.5 Å². The molecule has 168 valence electrons. The van der Waals surface area contributed by atoms with E-state index in [1.807, 2.05) is 35.7 Å². The topological polar surface area (TPSA) is 73.5 Å². The quantitative estimate of drug-likeness (QED) is 0.412. The molecule has 1 aromatic heterocycles. The molecule has 7 heteroatoms. The molecule has 3 N–H and O–H groups in total. The molecule has 1 unspecified atom stereocenters. The van der Waals surface area contributed by atoms with E-state index in [1.165, 1.54) is 5.56 Å². The number of amides is 3. The number of carbonyl (C=O) groups is 2. The predicted molar refractivity (Wildman–Crippen MR) is 131 cm³/mol. The van der Waals surface area contributed by atoms with Gasteiger partial charge in [-0.15, -0.1) is 11.3 Å². The van der Waals surface area contributed by atoms with Crippen LogP contribution in [0.4, 0.5) is 10.5 Å². The van der Waals surface area contributed by atoms with E-state index in [2.05, 4.69) is 46.8 Å². The number of hydrogen-bond donors (Lipinski definition) is 3. The molecule has 0 spiro atoms. The number of benzene rings is 2. The normalized spacial score (nSPS) is 11.7. The molecule has 0 bridgehead atoms. The summed E-state index contributed by atoms with van der Waals surface area (Å²) in [6.45, 7) is 6.99. The van der Waals surface area contributed by atoms with Crippen LogP contribution in [-0.2, 0) is 6.54 Å². The minimum atomic E-state index is -0.297. The highest BCUT2D eigenvalue weighted by molar-refractivity contribution is 7.09. The molecule has 6 nitrogen and oxygen atoms in total. The smallest absolute Gasteiger partial charge is 0.319 e. The zero-order valence-corrected chi connectivity index (χ0v) is 19.3. The van der Waals surface area contributed by atoms with Crippen molar-refractivity contribution >= 4 is 29.0 Å². The van der Waals surface area contributed by atoms with E-state index in [-0.39, 0.29) is 18.0 Å². The fourth-order valence-electron chi connectivity index (χ4n) is 3.58. The zero-order valence-electron chi connectivity index (χ0n) is 18.5. The fraction of sp³-hybridized carbons (Fsp3) is 0.280. The lowest BCUT2D eigenvalue weighted by Gasteiger charge is -2.30. The van der Waals surface area contributed by atoms with Crippen LogP contribution in [0.15, 0.2) is 72.1 Å². The van der Waals surface area contributed by atoms with Crippen LogP contribution < -0.4 is 16.0 Å². The Labute approximate surface area is 193 Å². The van der Waals surface area contributed by atoms with E-state index in [0.717, 1.165) is 18.0 Å². The lowest BCUT2D eigenvalue weighted by Crippen LogP contribution is -2.39. The predicted octanol–water partition coefficient (Wildman–Crippen LogP) is 4.88. The highest BCUT2D eigenvalue weighted by Crippen LogP contribution is 2.19. The van der Waals surface area contributed by atoms with E-state index >= 15 is 0 Å². The first-order chi connectivity index (χ1) is 15.6.